The monoisotopic (exact) mass is 339 g/mol. The first-order valence-corrected chi connectivity index (χ1v) is 8.50. The van der Waals surface area contributed by atoms with Crippen LogP contribution in [-0.2, 0) is 14.3 Å². The zero-order valence-electron chi connectivity index (χ0n) is 12.8. The van der Waals surface area contributed by atoms with Crippen LogP contribution in [0.3, 0.4) is 0 Å². The second-order valence-corrected chi connectivity index (χ2v) is 7.21. The number of halogens is 1. The Labute approximate surface area is 138 Å². The third-order valence-corrected chi connectivity index (χ3v) is 5.64. The molecule has 0 aliphatic carbocycles. The van der Waals surface area contributed by atoms with Crippen molar-refractivity contribution in [2.45, 2.75) is 30.7 Å². The highest BCUT2D eigenvalue weighted by atomic mass is 32.2. The first kappa shape index (κ1) is 16.1. The number of thioether (sulfide) groups is 1. The average Bonchev–Trinajstić information content (AvgIpc) is 3.02. The standard InChI is InChI=1S/C16H18FNO4S/c1-16-7-6-14(19)18(16)12(10-23-16)15(20)22-9-8-21-13-5-3-2-4-11(13)17/h2-5,12H,6-10H2,1H3/t12-,16+/m0/s1. The maximum Gasteiger partial charge on any atom is 0.329 e. The maximum atomic E-state index is 13.4. The quantitative estimate of drug-likeness (QED) is 0.608. The van der Waals surface area contributed by atoms with Crippen LogP contribution in [0.5, 0.6) is 5.75 Å². The molecule has 0 spiro atoms. The molecule has 124 valence electrons. The normalized spacial score (nSPS) is 26.3. The lowest BCUT2D eigenvalue weighted by molar-refractivity contribution is -0.154. The summed E-state index contributed by atoms with van der Waals surface area (Å²) in [5.41, 5.74) is 0. The Balaban J connectivity index is 1.49. The number of fused-ring (bicyclic) bond motifs is 1. The van der Waals surface area contributed by atoms with Gasteiger partial charge in [-0.05, 0) is 25.5 Å². The van der Waals surface area contributed by atoms with Gasteiger partial charge in [0.1, 0.15) is 19.3 Å². The number of esters is 1. The summed E-state index contributed by atoms with van der Waals surface area (Å²) < 4.78 is 23.8. The lowest BCUT2D eigenvalue weighted by atomic mass is 10.2. The fourth-order valence-corrected chi connectivity index (χ4v) is 4.36. The van der Waals surface area contributed by atoms with Crippen molar-refractivity contribution < 1.29 is 23.5 Å². The van der Waals surface area contributed by atoms with Crippen molar-refractivity contribution in [3.8, 4) is 5.75 Å². The maximum absolute atomic E-state index is 13.4. The number of para-hydroxylation sites is 1. The largest absolute Gasteiger partial charge is 0.487 e. The molecule has 2 heterocycles. The fraction of sp³-hybridized carbons (Fsp3) is 0.500. The van der Waals surface area contributed by atoms with Crippen LogP contribution in [0.4, 0.5) is 4.39 Å². The van der Waals surface area contributed by atoms with Crippen molar-refractivity contribution in [2.24, 2.45) is 0 Å². The van der Waals surface area contributed by atoms with Gasteiger partial charge in [0.25, 0.3) is 0 Å². The SMILES string of the molecule is C[C@@]12CCC(=O)N1[C@H](C(=O)OCCOc1ccccc1F)CS2. The lowest BCUT2D eigenvalue weighted by Crippen LogP contribution is -2.46. The van der Waals surface area contributed by atoms with E-state index in [0.29, 0.717) is 12.2 Å². The molecule has 2 fully saturated rings. The van der Waals surface area contributed by atoms with Gasteiger partial charge in [0.05, 0.1) is 4.87 Å². The van der Waals surface area contributed by atoms with E-state index in [9.17, 15) is 14.0 Å². The molecule has 0 bridgehead atoms. The van der Waals surface area contributed by atoms with E-state index in [-0.39, 0.29) is 29.7 Å². The van der Waals surface area contributed by atoms with Crippen LogP contribution in [0.25, 0.3) is 0 Å². The number of ether oxygens (including phenoxy) is 2. The fourth-order valence-electron chi connectivity index (χ4n) is 2.95. The molecular formula is C16H18FNO4S. The predicted molar refractivity (Wildman–Crippen MR) is 83.6 cm³/mol. The van der Waals surface area contributed by atoms with E-state index < -0.39 is 17.8 Å². The Morgan fingerprint density at radius 1 is 1.43 bits per heavy atom. The van der Waals surface area contributed by atoms with Gasteiger partial charge in [-0.3, -0.25) is 4.79 Å². The van der Waals surface area contributed by atoms with Crippen LogP contribution in [0.2, 0.25) is 0 Å². The lowest BCUT2D eigenvalue weighted by Gasteiger charge is -2.29. The minimum atomic E-state index is -0.534. The average molecular weight is 339 g/mol. The minimum absolute atomic E-state index is 0.00190. The molecule has 0 saturated carbocycles. The number of hydrogen-bond donors (Lipinski definition) is 0. The van der Waals surface area contributed by atoms with Crippen molar-refractivity contribution in [3.05, 3.63) is 30.1 Å². The predicted octanol–water partition coefficient (Wildman–Crippen LogP) is 2.20. The van der Waals surface area contributed by atoms with E-state index in [4.69, 9.17) is 9.47 Å². The van der Waals surface area contributed by atoms with Gasteiger partial charge in [-0.15, -0.1) is 11.8 Å². The summed E-state index contributed by atoms with van der Waals surface area (Å²) in [6.45, 7) is 2.07. The van der Waals surface area contributed by atoms with Gasteiger partial charge >= 0.3 is 5.97 Å². The summed E-state index contributed by atoms with van der Waals surface area (Å²) in [4.78, 5) is 25.5. The van der Waals surface area contributed by atoms with Gasteiger partial charge in [-0.25, -0.2) is 9.18 Å². The van der Waals surface area contributed by atoms with Crippen LogP contribution in [0.1, 0.15) is 19.8 Å². The van der Waals surface area contributed by atoms with Crippen molar-refractivity contribution in [3.63, 3.8) is 0 Å². The van der Waals surface area contributed by atoms with E-state index in [2.05, 4.69) is 0 Å². The Morgan fingerprint density at radius 2 is 2.22 bits per heavy atom. The van der Waals surface area contributed by atoms with Crippen molar-refractivity contribution >= 4 is 23.6 Å². The molecule has 2 aliphatic rings. The third-order valence-electron chi connectivity index (χ3n) is 4.14. The number of rotatable bonds is 5. The van der Waals surface area contributed by atoms with E-state index in [0.717, 1.165) is 6.42 Å². The van der Waals surface area contributed by atoms with Crippen LogP contribution < -0.4 is 4.74 Å². The second kappa shape index (κ2) is 6.39. The summed E-state index contributed by atoms with van der Waals surface area (Å²) >= 11 is 1.62. The zero-order chi connectivity index (χ0) is 16.4. The highest BCUT2D eigenvalue weighted by Crippen LogP contribution is 2.47. The number of carbonyl (C=O) groups is 2. The molecule has 0 N–H and O–H groups in total. The van der Waals surface area contributed by atoms with E-state index >= 15 is 0 Å². The van der Waals surface area contributed by atoms with Crippen LogP contribution in [0.15, 0.2) is 24.3 Å². The molecular weight excluding hydrogens is 321 g/mol. The highest BCUT2D eigenvalue weighted by Gasteiger charge is 2.53. The Bertz CT molecular complexity index is 626. The van der Waals surface area contributed by atoms with E-state index in [1.165, 1.54) is 12.1 Å². The van der Waals surface area contributed by atoms with Gasteiger partial charge in [0, 0.05) is 12.2 Å². The summed E-state index contributed by atoms with van der Waals surface area (Å²) in [5.74, 6) is -0.197. The van der Waals surface area contributed by atoms with Gasteiger partial charge < -0.3 is 14.4 Å². The highest BCUT2D eigenvalue weighted by molar-refractivity contribution is 8.01. The molecule has 0 radical (unpaired) electrons. The topological polar surface area (TPSA) is 55.8 Å². The van der Waals surface area contributed by atoms with Gasteiger partial charge in [-0.2, -0.15) is 0 Å². The molecule has 1 aromatic carbocycles. The molecule has 5 nitrogen and oxygen atoms in total. The number of nitrogens with zero attached hydrogens (tertiary/aromatic N) is 1. The summed E-state index contributed by atoms with van der Waals surface area (Å²) in [6, 6.07) is 5.52. The van der Waals surface area contributed by atoms with Crippen molar-refractivity contribution in [2.75, 3.05) is 19.0 Å². The number of carbonyl (C=O) groups excluding carboxylic acids is 2. The van der Waals surface area contributed by atoms with E-state index in [1.54, 1.807) is 28.8 Å². The van der Waals surface area contributed by atoms with Crippen molar-refractivity contribution in [1.29, 1.82) is 0 Å². The molecule has 3 rings (SSSR count). The number of benzene rings is 1. The van der Waals surface area contributed by atoms with E-state index in [1.807, 2.05) is 6.92 Å². The van der Waals surface area contributed by atoms with Crippen LogP contribution in [0, 0.1) is 5.82 Å². The summed E-state index contributed by atoms with van der Waals surface area (Å²) in [5, 5.41) is 0. The third kappa shape index (κ3) is 3.15. The minimum Gasteiger partial charge on any atom is -0.487 e. The molecule has 2 atom stereocenters. The second-order valence-electron chi connectivity index (χ2n) is 5.71. The van der Waals surface area contributed by atoms with Crippen LogP contribution >= 0.6 is 11.8 Å². The molecule has 0 unspecified atom stereocenters. The molecule has 0 aromatic heterocycles. The molecule has 1 amide bonds. The van der Waals surface area contributed by atoms with Crippen LogP contribution in [-0.4, -0.2) is 46.7 Å². The first-order chi connectivity index (χ1) is 11.0. The smallest absolute Gasteiger partial charge is 0.329 e. The summed E-state index contributed by atoms with van der Waals surface area (Å²) in [6.07, 6.45) is 1.24. The number of amides is 1. The Kier molecular flexibility index (Phi) is 4.48. The molecule has 2 saturated heterocycles. The molecule has 1 aromatic rings. The Hall–Kier alpha value is -1.76. The zero-order valence-corrected chi connectivity index (χ0v) is 13.6. The van der Waals surface area contributed by atoms with Gasteiger partial charge in [-0.1, -0.05) is 12.1 Å². The molecule has 23 heavy (non-hydrogen) atoms. The first-order valence-electron chi connectivity index (χ1n) is 7.51. The van der Waals surface area contributed by atoms with Gasteiger partial charge in [0.2, 0.25) is 5.91 Å². The number of hydrogen-bond acceptors (Lipinski definition) is 5. The molecule has 7 heteroatoms. The van der Waals surface area contributed by atoms with Gasteiger partial charge in [0.15, 0.2) is 11.6 Å². The Morgan fingerprint density at radius 3 is 3.00 bits per heavy atom. The molecule has 2 aliphatic heterocycles. The summed E-state index contributed by atoms with van der Waals surface area (Å²) in [7, 11) is 0. The van der Waals surface area contributed by atoms with Crippen molar-refractivity contribution in [1.82, 2.24) is 4.90 Å².